The maximum absolute atomic E-state index is 10.1. The van der Waals surface area contributed by atoms with Crippen LogP contribution in [0.3, 0.4) is 0 Å². The van der Waals surface area contributed by atoms with Gasteiger partial charge in [0.05, 0.1) is 12.8 Å². The van der Waals surface area contributed by atoms with E-state index in [1.54, 1.807) is 25.4 Å². The van der Waals surface area contributed by atoms with Crippen LogP contribution in [0.15, 0.2) is 54.9 Å². The Bertz CT molecular complexity index is 799. The van der Waals surface area contributed by atoms with E-state index in [4.69, 9.17) is 9.84 Å². The van der Waals surface area contributed by atoms with Crippen LogP contribution in [0.1, 0.15) is 16.2 Å². The third-order valence-electron chi connectivity index (χ3n) is 2.90. The van der Waals surface area contributed by atoms with Crippen molar-refractivity contribution in [3.8, 4) is 17.1 Å². The number of aromatic nitrogens is 3. The summed E-state index contributed by atoms with van der Waals surface area (Å²) in [5, 5.41) is 8.32. The molecule has 0 aliphatic carbocycles. The van der Waals surface area contributed by atoms with Gasteiger partial charge in [0.2, 0.25) is 0 Å². The Morgan fingerprint density at radius 1 is 1.16 bits per heavy atom. The fourth-order valence-corrected chi connectivity index (χ4v) is 1.81. The van der Waals surface area contributed by atoms with E-state index in [0.29, 0.717) is 5.88 Å². The molecule has 1 N–H and O–H groups in total. The zero-order valence-corrected chi connectivity index (χ0v) is 16.0. The maximum atomic E-state index is 10.1. The molecule has 0 unspecified atom stereocenters. The molecule has 2 aromatic heterocycles. The molecule has 0 fully saturated rings. The summed E-state index contributed by atoms with van der Waals surface area (Å²) in [6, 6.07) is 15.5. The number of methoxy groups -OCH3 is 1. The van der Waals surface area contributed by atoms with Crippen LogP contribution in [0.4, 0.5) is 0 Å². The van der Waals surface area contributed by atoms with Gasteiger partial charge in [-0.15, -0.1) is 35.9 Å². The van der Waals surface area contributed by atoms with Gasteiger partial charge in [-0.05, 0) is 19.1 Å². The summed E-state index contributed by atoms with van der Waals surface area (Å²) in [4.78, 5) is 22.3. The zero-order chi connectivity index (χ0) is 17.4. The first kappa shape index (κ1) is 20.4. The van der Waals surface area contributed by atoms with Gasteiger partial charge in [0.15, 0.2) is 5.88 Å². The second-order valence-corrected chi connectivity index (χ2v) is 4.67. The minimum atomic E-state index is -0.990. The van der Waals surface area contributed by atoms with Crippen LogP contribution >= 0.6 is 0 Å². The van der Waals surface area contributed by atoms with Crippen LogP contribution in [0, 0.1) is 13.0 Å². The minimum absolute atomic E-state index is 0. The molecule has 25 heavy (non-hydrogen) atoms. The quantitative estimate of drug-likeness (QED) is 0.541. The van der Waals surface area contributed by atoms with Gasteiger partial charge < -0.3 is 9.84 Å². The largest absolute Gasteiger partial charge is 0.486 e. The second-order valence-electron chi connectivity index (χ2n) is 4.67. The third-order valence-corrected chi connectivity index (χ3v) is 2.90. The number of benzene rings is 1. The summed E-state index contributed by atoms with van der Waals surface area (Å²) >= 11 is 0. The van der Waals surface area contributed by atoms with E-state index in [0.717, 1.165) is 17.0 Å². The van der Waals surface area contributed by atoms with E-state index in [-0.39, 0.29) is 25.8 Å². The molecule has 0 aliphatic heterocycles. The molecule has 1 radical (unpaired) electrons. The summed E-state index contributed by atoms with van der Waals surface area (Å²) in [5.41, 5.74) is 2.54. The molecular weight excluding hydrogens is 498 g/mol. The van der Waals surface area contributed by atoms with Crippen molar-refractivity contribution in [2.75, 3.05) is 7.11 Å². The molecule has 0 amide bonds. The number of carbonyl (C=O) groups is 1. The van der Waals surface area contributed by atoms with Crippen molar-refractivity contribution in [1.29, 1.82) is 0 Å². The van der Waals surface area contributed by atoms with Crippen LogP contribution in [0.5, 0.6) is 5.88 Å². The summed E-state index contributed by atoms with van der Waals surface area (Å²) in [7, 11) is 1.59. The molecular formula is C18H16IrN3O3-. The average Bonchev–Trinajstić information content (AvgIpc) is 2.63. The topological polar surface area (TPSA) is 85.2 Å². The smallest absolute Gasteiger partial charge is 0.354 e. The van der Waals surface area contributed by atoms with Gasteiger partial charge in [-0.3, -0.25) is 4.98 Å². The van der Waals surface area contributed by atoms with Crippen molar-refractivity contribution in [3.63, 3.8) is 0 Å². The van der Waals surface area contributed by atoms with Crippen LogP contribution in [0.2, 0.25) is 0 Å². The number of carboxylic acids is 1. The van der Waals surface area contributed by atoms with Crippen molar-refractivity contribution < 1.29 is 34.7 Å². The molecule has 1 aromatic carbocycles. The molecule has 3 aromatic rings. The van der Waals surface area contributed by atoms with Crippen LogP contribution in [-0.2, 0) is 20.1 Å². The molecule has 2 heterocycles. The second kappa shape index (κ2) is 10.3. The first-order chi connectivity index (χ1) is 11.6. The molecule has 0 bridgehead atoms. The summed E-state index contributed by atoms with van der Waals surface area (Å²) in [6.45, 7) is 1.88. The maximum Gasteiger partial charge on any atom is 0.354 e. The van der Waals surface area contributed by atoms with E-state index in [9.17, 15) is 4.79 Å². The molecule has 0 aliphatic rings. The Morgan fingerprint density at radius 2 is 1.92 bits per heavy atom. The molecule has 0 spiro atoms. The fourth-order valence-electron chi connectivity index (χ4n) is 1.81. The summed E-state index contributed by atoms with van der Waals surface area (Å²) in [5.74, 6) is -0.451. The Balaban J connectivity index is 0.000000270. The number of hydrogen-bond acceptors (Lipinski definition) is 5. The molecule has 7 heteroatoms. The Kier molecular flexibility index (Phi) is 8.39. The van der Waals surface area contributed by atoms with Crippen LogP contribution in [-0.4, -0.2) is 33.1 Å². The number of carboxylic acid groups (broad SMARTS) is 1. The van der Waals surface area contributed by atoms with Crippen LogP contribution in [0.25, 0.3) is 11.3 Å². The number of hydrogen-bond donors (Lipinski definition) is 1. The molecule has 0 atom stereocenters. The molecule has 3 rings (SSSR count). The predicted molar refractivity (Wildman–Crippen MR) is 88.8 cm³/mol. The first-order valence-electron chi connectivity index (χ1n) is 7.11. The van der Waals surface area contributed by atoms with E-state index in [1.165, 1.54) is 12.3 Å². The van der Waals surface area contributed by atoms with E-state index in [2.05, 4.69) is 21.0 Å². The van der Waals surface area contributed by atoms with Crippen molar-refractivity contribution in [2.24, 2.45) is 0 Å². The number of aromatic carboxylic acids is 1. The number of nitrogens with zero attached hydrogens (tertiary/aromatic N) is 3. The molecule has 131 valence electrons. The third kappa shape index (κ3) is 6.06. The monoisotopic (exact) mass is 515 g/mol. The first-order valence-corrected chi connectivity index (χ1v) is 7.11. The van der Waals surface area contributed by atoms with Crippen molar-refractivity contribution in [3.05, 3.63) is 72.3 Å². The van der Waals surface area contributed by atoms with Gasteiger partial charge in [0.25, 0.3) is 0 Å². The Hall–Kier alpha value is -2.63. The molecule has 0 saturated carbocycles. The molecule has 0 saturated heterocycles. The SMILES string of the molecule is COc1nc(C)cnc1-c1[c-]cccc1.O=C(O)c1ccccn1.[Ir]. The normalized spacial score (nSPS) is 9.20. The van der Waals surface area contributed by atoms with Crippen molar-refractivity contribution in [1.82, 2.24) is 15.0 Å². The van der Waals surface area contributed by atoms with E-state index >= 15 is 0 Å². The number of pyridine rings is 1. The number of rotatable bonds is 3. The van der Waals surface area contributed by atoms with Gasteiger partial charge in [-0.1, -0.05) is 6.07 Å². The number of aryl methyl sites for hydroxylation is 1. The Morgan fingerprint density at radius 3 is 2.44 bits per heavy atom. The van der Waals surface area contributed by atoms with E-state index in [1.807, 2.05) is 31.2 Å². The van der Waals surface area contributed by atoms with Gasteiger partial charge in [0.1, 0.15) is 5.69 Å². The van der Waals surface area contributed by atoms with Gasteiger partial charge in [-0.2, -0.15) is 0 Å². The zero-order valence-electron chi connectivity index (χ0n) is 13.6. The average molecular weight is 515 g/mol. The number of ether oxygens (including phenoxy) is 1. The summed E-state index contributed by atoms with van der Waals surface area (Å²) < 4.78 is 5.19. The van der Waals surface area contributed by atoms with Gasteiger partial charge in [-0.25, -0.2) is 14.8 Å². The fraction of sp³-hybridized carbons (Fsp3) is 0.111. The Labute approximate surface area is 159 Å². The van der Waals surface area contributed by atoms with Crippen molar-refractivity contribution >= 4 is 5.97 Å². The van der Waals surface area contributed by atoms with Crippen molar-refractivity contribution in [2.45, 2.75) is 6.92 Å². The van der Waals surface area contributed by atoms with Crippen LogP contribution < -0.4 is 4.74 Å². The predicted octanol–water partition coefficient (Wildman–Crippen LogP) is 3.04. The summed E-state index contributed by atoms with van der Waals surface area (Å²) in [6.07, 6.45) is 3.17. The minimum Gasteiger partial charge on any atom is -0.486 e. The van der Waals surface area contributed by atoms with Gasteiger partial charge in [0, 0.05) is 38.2 Å². The molecule has 6 nitrogen and oxygen atoms in total. The standard InChI is InChI=1S/C12H11N2O.C6H5NO2.Ir/c1-9-8-13-11(12(14-9)15-2)10-6-4-3-5-7-10;8-6(9)5-3-1-2-4-7-5;/h3-6,8H,1-2H3;1-4H,(H,8,9);/q-1;;. The van der Waals surface area contributed by atoms with E-state index < -0.39 is 5.97 Å². The van der Waals surface area contributed by atoms with Gasteiger partial charge >= 0.3 is 5.97 Å².